The van der Waals surface area contributed by atoms with Gasteiger partial charge in [-0.15, -0.1) is 0 Å². The van der Waals surface area contributed by atoms with Gasteiger partial charge in [0.05, 0.1) is 6.26 Å². The van der Waals surface area contributed by atoms with Crippen molar-refractivity contribution in [3.05, 3.63) is 42.4 Å². The van der Waals surface area contributed by atoms with Gasteiger partial charge in [-0.3, -0.25) is 0 Å². The molecule has 1 rings (SSSR count). The third-order valence-corrected chi connectivity index (χ3v) is 1.51. The number of aryl methyl sites for hydroxylation is 1. The van der Waals surface area contributed by atoms with E-state index in [4.69, 9.17) is 4.74 Å². The molecule has 0 N–H and O–H groups in total. The molecule has 14 heavy (non-hydrogen) atoms. The van der Waals surface area contributed by atoms with E-state index in [0.29, 0.717) is 5.56 Å². The van der Waals surface area contributed by atoms with E-state index < -0.39 is 6.16 Å². The molecule has 1 aromatic carbocycles. The topological polar surface area (TPSA) is 35.5 Å². The van der Waals surface area contributed by atoms with Crippen molar-refractivity contribution in [1.29, 1.82) is 0 Å². The van der Waals surface area contributed by atoms with Crippen molar-refractivity contribution in [3.63, 3.8) is 0 Å². The summed E-state index contributed by atoms with van der Waals surface area (Å²) in [6.45, 7) is 4.76. The zero-order chi connectivity index (χ0) is 10.6. The van der Waals surface area contributed by atoms with Crippen molar-refractivity contribution >= 4 is 6.16 Å². The van der Waals surface area contributed by atoms with Crippen LogP contribution in [0.25, 0.3) is 0 Å². The first kappa shape index (κ1) is 10.2. The Morgan fingerprint density at radius 2 is 2.29 bits per heavy atom. The zero-order valence-electron chi connectivity index (χ0n) is 7.62. The van der Waals surface area contributed by atoms with E-state index in [1.54, 1.807) is 6.92 Å². The standard InChI is InChI=1S/C10H9FO3/c1-3-13-10(12)14-8-4-5-9(11)7(2)6-8/h3-6H,1H2,2H3. The number of rotatable bonds is 2. The molecular formula is C10H9FO3. The van der Waals surface area contributed by atoms with Crippen molar-refractivity contribution in [2.45, 2.75) is 6.92 Å². The second-order valence-electron chi connectivity index (χ2n) is 2.55. The van der Waals surface area contributed by atoms with Crippen LogP contribution in [0, 0.1) is 12.7 Å². The van der Waals surface area contributed by atoms with Crippen LogP contribution in [0.15, 0.2) is 31.0 Å². The predicted octanol–water partition coefficient (Wildman–Crippen LogP) is 2.79. The summed E-state index contributed by atoms with van der Waals surface area (Å²) in [4.78, 5) is 10.8. The van der Waals surface area contributed by atoms with E-state index in [2.05, 4.69) is 11.3 Å². The summed E-state index contributed by atoms with van der Waals surface area (Å²) < 4.78 is 21.8. The minimum Gasteiger partial charge on any atom is -0.403 e. The molecule has 4 heteroatoms. The van der Waals surface area contributed by atoms with Gasteiger partial charge in [0.2, 0.25) is 0 Å². The first-order valence-corrected chi connectivity index (χ1v) is 3.89. The largest absolute Gasteiger partial charge is 0.518 e. The maximum absolute atomic E-state index is 12.8. The van der Waals surface area contributed by atoms with E-state index in [9.17, 15) is 9.18 Å². The van der Waals surface area contributed by atoms with Gasteiger partial charge in [-0.25, -0.2) is 9.18 Å². The van der Waals surface area contributed by atoms with Crippen molar-refractivity contribution in [1.82, 2.24) is 0 Å². The van der Waals surface area contributed by atoms with Crippen LogP contribution in [0.4, 0.5) is 9.18 Å². The number of ether oxygens (including phenoxy) is 2. The van der Waals surface area contributed by atoms with Gasteiger partial charge in [-0.05, 0) is 30.7 Å². The number of benzene rings is 1. The van der Waals surface area contributed by atoms with Crippen LogP contribution < -0.4 is 4.74 Å². The van der Waals surface area contributed by atoms with Gasteiger partial charge in [0.25, 0.3) is 0 Å². The molecule has 74 valence electrons. The maximum atomic E-state index is 12.8. The normalized spacial score (nSPS) is 9.29. The van der Waals surface area contributed by atoms with Crippen LogP contribution in [0.5, 0.6) is 5.75 Å². The molecule has 0 saturated heterocycles. The summed E-state index contributed by atoms with van der Waals surface area (Å²) in [7, 11) is 0. The highest BCUT2D eigenvalue weighted by molar-refractivity contribution is 5.64. The molecule has 0 bridgehead atoms. The lowest BCUT2D eigenvalue weighted by molar-refractivity contribution is 0.136. The summed E-state index contributed by atoms with van der Waals surface area (Å²) in [5.74, 6) is -0.120. The summed E-state index contributed by atoms with van der Waals surface area (Å²) in [5, 5.41) is 0. The highest BCUT2D eigenvalue weighted by Crippen LogP contribution is 2.16. The Balaban J connectivity index is 2.72. The van der Waals surface area contributed by atoms with Crippen LogP contribution in [0.1, 0.15) is 5.56 Å². The van der Waals surface area contributed by atoms with Crippen LogP contribution >= 0.6 is 0 Å². The Labute approximate surface area is 80.8 Å². The van der Waals surface area contributed by atoms with Crippen LogP contribution in [-0.2, 0) is 4.74 Å². The Hall–Kier alpha value is -1.84. The number of hydrogen-bond acceptors (Lipinski definition) is 3. The number of halogens is 1. The molecule has 1 aromatic rings. The molecule has 0 aliphatic heterocycles. The molecule has 0 radical (unpaired) electrons. The van der Waals surface area contributed by atoms with E-state index in [0.717, 1.165) is 6.26 Å². The van der Waals surface area contributed by atoms with E-state index in [-0.39, 0.29) is 11.6 Å². The van der Waals surface area contributed by atoms with Gasteiger partial charge >= 0.3 is 6.16 Å². The lowest BCUT2D eigenvalue weighted by Crippen LogP contribution is -2.06. The molecule has 0 heterocycles. The first-order valence-electron chi connectivity index (χ1n) is 3.89. The number of carbonyl (C=O) groups excluding carboxylic acids is 1. The summed E-state index contributed by atoms with van der Waals surface area (Å²) in [6.07, 6.45) is 0.0598. The fraction of sp³-hybridized carbons (Fsp3) is 0.100. The van der Waals surface area contributed by atoms with E-state index in [1.807, 2.05) is 0 Å². The molecular weight excluding hydrogens is 187 g/mol. The minimum atomic E-state index is -0.897. The molecule has 0 saturated carbocycles. The van der Waals surface area contributed by atoms with Gasteiger partial charge in [0.15, 0.2) is 0 Å². The SMILES string of the molecule is C=COC(=O)Oc1ccc(F)c(C)c1. The Bertz CT molecular complexity index is 360. The Kier molecular flexibility index (Phi) is 3.23. The quantitative estimate of drug-likeness (QED) is 0.414. The van der Waals surface area contributed by atoms with Crippen molar-refractivity contribution < 1.29 is 18.7 Å². The molecule has 0 unspecified atom stereocenters. The third kappa shape index (κ3) is 2.58. The predicted molar refractivity (Wildman–Crippen MR) is 48.4 cm³/mol. The van der Waals surface area contributed by atoms with E-state index in [1.165, 1.54) is 18.2 Å². The highest BCUT2D eigenvalue weighted by Gasteiger charge is 2.05. The molecule has 3 nitrogen and oxygen atoms in total. The summed E-state index contributed by atoms with van der Waals surface area (Å²) in [5.41, 5.74) is 0.397. The second-order valence-corrected chi connectivity index (χ2v) is 2.55. The maximum Gasteiger partial charge on any atom is 0.518 e. The summed E-state index contributed by atoms with van der Waals surface area (Å²) >= 11 is 0. The van der Waals surface area contributed by atoms with Crippen LogP contribution in [0.3, 0.4) is 0 Å². The Morgan fingerprint density at radius 1 is 1.57 bits per heavy atom. The molecule has 0 aliphatic carbocycles. The fourth-order valence-electron chi connectivity index (χ4n) is 0.869. The lowest BCUT2D eigenvalue weighted by Gasteiger charge is -2.03. The van der Waals surface area contributed by atoms with E-state index >= 15 is 0 Å². The molecule has 0 atom stereocenters. The number of hydrogen-bond donors (Lipinski definition) is 0. The minimum absolute atomic E-state index is 0.232. The second kappa shape index (κ2) is 4.41. The molecule has 0 spiro atoms. The lowest BCUT2D eigenvalue weighted by atomic mass is 10.2. The summed E-state index contributed by atoms with van der Waals surface area (Å²) in [6, 6.07) is 3.96. The van der Waals surface area contributed by atoms with Gasteiger partial charge in [0.1, 0.15) is 11.6 Å². The van der Waals surface area contributed by atoms with Gasteiger partial charge in [-0.2, -0.15) is 0 Å². The van der Waals surface area contributed by atoms with Crippen LogP contribution in [-0.4, -0.2) is 6.16 Å². The smallest absolute Gasteiger partial charge is 0.403 e. The van der Waals surface area contributed by atoms with Gasteiger partial charge in [-0.1, -0.05) is 6.58 Å². The average Bonchev–Trinajstić information content (AvgIpc) is 2.12. The van der Waals surface area contributed by atoms with Crippen molar-refractivity contribution in [3.8, 4) is 5.75 Å². The first-order chi connectivity index (χ1) is 6.63. The van der Waals surface area contributed by atoms with Crippen LogP contribution in [0.2, 0.25) is 0 Å². The third-order valence-electron chi connectivity index (χ3n) is 1.51. The molecule has 0 aliphatic rings. The monoisotopic (exact) mass is 196 g/mol. The van der Waals surface area contributed by atoms with Gasteiger partial charge < -0.3 is 9.47 Å². The molecule has 0 amide bonds. The van der Waals surface area contributed by atoms with Gasteiger partial charge in [0, 0.05) is 0 Å². The van der Waals surface area contributed by atoms with Crippen molar-refractivity contribution in [2.24, 2.45) is 0 Å². The Morgan fingerprint density at radius 3 is 2.86 bits per heavy atom. The van der Waals surface area contributed by atoms with Crippen molar-refractivity contribution in [2.75, 3.05) is 0 Å². The fourth-order valence-corrected chi connectivity index (χ4v) is 0.869. The average molecular weight is 196 g/mol. The molecule has 0 aromatic heterocycles. The highest BCUT2D eigenvalue weighted by atomic mass is 19.1. The zero-order valence-corrected chi connectivity index (χ0v) is 7.62. The number of carbonyl (C=O) groups is 1. The molecule has 0 fully saturated rings.